The molecule has 0 amide bonds. The van der Waals surface area contributed by atoms with Crippen LogP contribution in [-0.2, 0) is 13.0 Å². The maximum absolute atomic E-state index is 13.2. The first-order valence-corrected chi connectivity index (χ1v) is 13.8. The fourth-order valence-electron chi connectivity index (χ4n) is 4.89. The average molecular weight is 495 g/mol. The highest BCUT2D eigenvalue weighted by Gasteiger charge is 2.24. The number of thioether (sulfide) groups is 1. The van der Waals surface area contributed by atoms with Crippen LogP contribution in [0.25, 0.3) is 0 Å². The zero-order chi connectivity index (χ0) is 23.5. The van der Waals surface area contributed by atoms with E-state index in [1.807, 2.05) is 32.0 Å². The second kappa shape index (κ2) is 10.4. The molecule has 0 aliphatic heterocycles. The third-order valence-electron chi connectivity index (χ3n) is 6.69. The minimum Gasteiger partial charge on any atom is -0.467 e. The number of ketones is 1. The van der Waals surface area contributed by atoms with E-state index in [1.165, 1.54) is 35.9 Å². The van der Waals surface area contributed by atoms with Gasteiger partial charge in [0, 0.05) is 34.3 Å². The monoisotopic (exact) mass is 494 g/mol. The Morgan fingerprint density at radius 1 is 1.18 bits per heavy atom. The van der Waals surface area contributed by atoms with Crippen molar-refractivity contribution in [1.29, 1.82) is 0 Å². The highest BCUT2D eigenvalue weighted by atomic mass is 32.2. The summed E-state index contributed by atoms with van der Waals surface area (Å²) in [6, 6.07) is 10.5. The molecule has 1 fully saturated rings. The lowest BCUT2D eigenvalue weighted by Gasteiger charge is -2.25. The number of hydrogen-bond donors (Lipinski definition) is 0. The lowest BCUT2D eigenvalue weighted by molar-refractivity contribution is 0.102. The van der Waals surface area contributed by atoms with Crippen molar-refractivity contribution < 1.29 is 9.21 Å². The van der Waals surface area contributed by atoms with Crippen molar-refractivity contribution in [2.45, 2.75) is 70.1 Å². The third-order valence-corrected chi connectivity index (χ3v) is 8.51. The lowest BCUT2D eigenvalue weighted by Crippen LogP contribution is -2.17. The van der Waals surface area contributed by atoms with Gasteiger partial charge in [-0.05, 0) is 56.3 Å². The van der Waals surface area contributed by atoms with E-state index in [4.69, 9.17) is 4.42 Å². The molecule has 5 rings (SSSR count). The van der Waals surface area contributed by atoms with Crippen molar-refractivity contribution >= 4 is 28.9 Å². The molecule has 0 bridgehead atoms. The Balaban J connectivity index is 1.33. The van der Waals surface area contributed by atoms with E-state index in [-0.39, 0.29) is 5.78 Å². The maximum Gasteiger partial charge on any atom is 0.191 e. The number of Topliss-reactive ketones (excluding diaryl/α,β-unsaturated/α-hetero) is 1. The van der Waals surface area contributed by atoms with Crippen LogP contribution in [-0.4, -0.2) is 30.9 Å². The molecule has 0 N–H and O–H groups in total. The smallest absolute Gasteiger partial charge is 0.191 e. The first-order valence-electron chi connectivity index (χ1n) is 11.9. The van der Waals surface area contributed by atoms with Crippen LogP contribution in [0.2, 0.25) is 0 Å². The van der Waals surface area contributed by atoms with Gasteiger partial charge in [0.2, 0.25) is 0 Å². The number of carbonyl (C=O) groups is 1. The Labute approximate surface area is 208 Å². The molecule has 0 aromatic carbocycles. The summed E-state index contributed by atoms with van der Waals surface area (Å²) in [5.74, 6) is 2.38. The van der Waals surface area contributed by atoms with Gasteiger partial charge in [-0.15, -0.1) is 21.5 Å². The van der Waals surface area contributed by atoms with Gasteiger partial charge in [0.25, 0.3) is 0 Å². The van der Waals surface area contributed by atoms with Gasteiger partial charge in [0.05, 0.1) is 18.6 Å². The number of furan rings is 1. The topological polar surface area (TPSA) is 65.8 Å². The molecule has 6 nitrogen and oxygen atoms in total. The predicted octanol–water partition coefficient (Wildman–Crippen LogP) is 6.47. The van der Waals surface area contributed by atoms with E-state index in [2.05, 4.69) is 36.8 Å². The Morgan fingerprint density at radius 3 is 2.76 bits per heavy atom. The number of nitrogens with zero attached hydrogens (tertiary/aromatic N) is 4. The summed E-state index contributed by atoms with van der Waals surface area (Å²) >= 11 is 3.27. The molecule has 0 unspecified atom stereocenters. The zero-order valence-corrected chi connectivity index (χ0v) is 21.3. The predicted molar refractivity (Wildman–Crippen MR) is 136 cm³/mol. The molecular formula is C26H30N4O2S2. The van der Waals surface area contributed by atoms with Gasteiger partial charge in [-0.25, -0.2) is 0 Å². The number of rotatable bonds is 9. The molecule has 1 aliphatic rings. The lowest BCUT2D eigenvalue weighted by atomic mass is 9.95. The second-order valence-corrected chi connectivity index (χ2v) is 11.0. The van der Waals surface area contributed by atoms with Crippen molar-refractivity contribution in [2.24, 2.45) is 0 Å². The number of hydrogen-bond acceptors (Lipinski definition) is 6. The van der Waals surface area contributed by atoms with Gasteiger partial charge in [0.15, 0.2) is 10.9 Å². The van der Waals surface area contributed by atoms with Crippen LogP contribution >= 0.6 is 23.1 Å². The van der Waals surface area contributed by atoms with Crippen LogP contribution < -0.4 is 0 Å². The van der Waals surface area contributed by atoms with E-state index >= 15 is 0 Å². The normalized spacial score (nSPS) is 14.6. The van der Waals surface area contributed by atoms with Gasteiger partial charge >= 0.3 is 0 Å². The highest BCUT2D eigenvalue weighted by Crippen LogP contribution is 2.34. The minimum atomic E-state index is 0.127. The van der Waals surface area contributed by atoms with Crippen LogP contribution in [0.1, 0.15) is 76.4 Å². The third kappa shape index (κ3) is 4.93. The molecule has 4 heterocycles. The Hall–Kier alpha value is -2.58. The van der Waals surface area contributed by atoms with Crippen LogP contribution in [0, 0.1) is 13.8 Å². The summed E-state index contributed by atoms with van der Waals surface area (Å²) in [7, 11) is 0. The molecule has 8 heteroatoms. The standard InChI is InChI=1S/C26H30N4O2S2/c1-18-14-23(19(2)29(18)16-21-10-6-12-32-21)24(31)17-34-26-28-27-25(15-22-11-7-13-33-22)30(26)20-8-4-3-5-9-20/h6-7,10-14,20H,3-5,8-9,15-17H2,1-2H3. The molecule has 0 atom stereocenters. The van der Waals surface area contributed by atoms with Crippen molar-refractivity contribution in [3.05, 3.63) is 75.4 Å². The van der Waals surface area contributed by atoms with Gasteiger partial charge in [-0.3, -0.25) is 4.79 Å². The Kier molecular flexibility index (Phi) is 7.06. The fraction of sp³-hybridized carbons (Fsp3) is 0.423. The quantitative estimate of drug-likeness (QED) is 0.197. The van der Waals surface area contributed by atoms with Gasteiger partial charge in [0.1, 0.15) is 11.6 Å². The van der Waals surface area contributed by atoms with Crippen LogP contribution in [0.5, 0.6) is 0 Å². The molecule has 0 radical (unpaired) electrons. The molecule has 0 saturated heterocycles. The summed E-state index contributed by atoms with van der Waals surface area (Å²) in [6.07, 6.45) is 8.58. The summed E-state index contributed by atoms with van der Waals surface area (Å²) in [6.45, 7) is 4.68. The Morgan fingerprint density at radius 2 is 2.03 bits per heavy atom. The zero-order valence-electron chi connectivity index (χ0n) is 19.7. The SMILES string of the molecule is Cc1cc(C(=O)CSc2nnc(Cc3cccs3)n2C2CCCCC2)c(C)n1Cc1ccco1. The summed E-state index contributed by atoms with van der Waals surface area (Å²) in [4.78, 5) is 14.5. The first-order chi connectivity index (χ1) is 16.6. The van der Waals surface area contributed by atoms with E-state index < -0.39 is 0 Å². The van der Waals surface area contributed by atoms with Gasteiger partial charge < -0.3 is 13.6 Å². The van der Waals surface area contributed by atoms with Crippen LogP contribution in [0.4, 0.5) is 0 Å². The first kappa shape index (κ1) is 23.2. The molecule has 4 aromatic heterocycles. The number of thiophene rings is 1. The van der Waals surface area contributed by atoms with Crippen molar-refractivity contribution in [2.75, 3.05) is 5.75 Å². The second-order valence-electron chi connectivity index (χ2n) is 8.98. The molecule has 0 spiro atoms. The molecule has 1 aliphatic carbocycles. The van der Waals surface area contributed by atoms with Crippen molar-refractivity contribution in [1.82, 2.24) is 19.3 Å². The largest absolute Gasteiger partial charge is 0.467 e. The van der Waals surface area contributed by atoms with Crippen LogP contribution in [0.15, 0.2) is 51.5 Å². The molecule has 1 saturated carbocycles. The number of aromatic nitrogens is 4. The maximum atomic E-state index is 13.2. The van der Waals surface area contributed by atoms with Crippen molar-refractivity contribution in [3.63, 3.8) is 0 Å². The summed E-state index contributed by atoms with van der Waals surface area (Å²) < 4.78 is 9.98. The van der Waals surface area contributed by atoms with Gasteiger partial charge in [-0.2, -0.15) is 0 Å². The van der Waals surface area contributed by atoms with Crippen LogP contribution in [0.3, 0.4) is 0 Å². The molecule has 4 aromatic rings. The van der Waals surface area contributed by atoms with E-state index in [0.29, 0.717) is 18.3 Å². The highest BCUT2D eigenvalue weighted by molar-refractivity contribution is 7.99. The molecule has 178 valence electrons. The number of carbonyl (C=O) groups excluding carboxylic acids is 1. The summed E-state index contributed by atoms with van der Waals surface area (Å²) in [5, 5.41) is 12.1. The van der Waals surface area contributed by atoms with E-state index in [9.17, 15) is 4.79 Å². The molecular weight excluding hydrogens is 464 g/mol. The van der Waals surface area contributed by atoms with E-state index in [1.54, 1.807) is 17.6 Å². The molecule has 34 heavy (non-hydrogen) atoms. The fourth-order valence-corrected chi connectivity index (χ4v) is 6.50. The number of aryl methyl sites for hydroxylation is 1. The summed E-state index contributed by atoms with van der Waals surface area (Å²) in [5.41, 5.74) is 2.82. The Bertz CT molecular complexity index is 1230. The average Bonchev–Trinajstić information content (AvgIpc) is 3.65. The minimum absolute atomic E-state index is 0.127. The van der Waals surface area contributed by atoms with E-state index in [0.717, 1.165) is 53.0 Å². The van der Waals surface area contributed by atoms with Gasteiger partial charge in [-0.1, -0.05) is 37.1 Å². The van der Waals surface area contributed by atoms with Crippen molar-refractivity contribution in [3.8, 4) is 0 Å².